The predicted molar refractivity (Wildman–Crippen MR) is 106 cm³/mol. The van der Waals surface area contributed by atoms with E-state index in [0.717, 1.165) is 5.69 Å². The topological polar surface area (TPSA) is 72.5 Å². The number of amides is 1. The summed E-state index contributed by atoms with van der Waals surface area (Å²) in [6.45, 7) is 0. The molecule has 0 fully saturated rings. The molecule has 1 aromatic heterocycles. The standard InChI is InChI=1S/C20H18ClN3O3/c1-26-14-7-8-19(27-2)17(12-14)24-20(25)18-11-13(9-10-22-18)23-16-6-4-3-5-15(16)21/h3-12H,1-2H3,(H,22,23)(H,24,25). The van der Waals surface area contributed by atoms with Gasteiger partial charge in [-0.25, -0.2) is 0 Å². The summed E-state index contributed by atoms with van der Waals surface area (Å²) in [6, 6.07) is 15.9. The van der Waals surface area contributed by atoms with Crippen molar-refractivity contribution < 1.29 is 14.3 Å². The zero-order valence-corrected chi connectivity index (χ0v) is 15.6. The van der Waals surface area contributed by atoms with Crippen molar-refractivity contribution in [3.05, 3.63) is 71.5 Å². The van der Waals surface area contributed by atoms with Crippen molar-refractivity contribution in [3.8, 4) is 11.5 Å². The number of rotatable bonds is 6. The van der Waals surface area contributed by atoms with Crippen LogP contribution < -0.4 is 20.1 Å². The van der Waals surface area contributed by atoms with Gasteiger partial charge < -0.3 is 20.1 Å². The highest BCUT2D eigenvalue weighted by molar-refractivity contribution is 6.33. The average molecular weight is 384 g/mol. The Hall–Kier alpha value is -3.25. The fourth-order valence-electron chi connectivity index (χ4n) is 2.45. The Balaban J connectivity index is 1.81. The molecule has 3 aromatic rings. The van der Waals surface area contributed by atoms with Crippen LogP contribution in [0, 0.1) is 0 Å². The SMILES string of the molecule is COc1ccc(OC)c(NC(=O)c2cc(Nc3ccccc3Cl)ccn2)c1. The van der Waals surface area contributed by atoms with Crippen LogP contribution in [0.4, 0.5) is 17.1 Å². The van der Waals surface area contributed by atoms with Crippen LogP contribution in [0.3, 0.4) is 0 Å². The molecule has 0 bridgehead atoms. The number of carbonyl (C=O) groups excluding carboxylic acids is 1. The average Bonchev–Trinajstić information content (AvgIpc) is 2.70. The van der Waals surface area contributed by atoms with Crippen molar-refractivity contribution in [3.63, 3.8) is 0 Å². The van der Waals surface area contributed by atoms with Crippen LogP contribution >= 0.6 is 11.6 Å². The number of methoxy groups -OCH3 is 2. The van der Waals surface area contributed by atoms with E-state index < -0.39 is 0 Å². The van der Waals surface area contributed by atoms with Gasteiger partial charge in [-0.3, -0.25) is 9.78 Å². The maximum Gasteiger partial charge on any atom is 0.274 e. The molecule has 0 atom stereocenters. The Kier molecular flexibility index (Phi) is 5.78. The van der Waals surface area contributed by atoms with E-state index in [9.17, 15) is 4.79 Å². The second-order valence-electron chi connectivity index (χ2n) is 5.55. The molecule has 0 unspecified atom stereocenters. The van der Waals surface area contributed by atoms with Crippen molar-refractivity contribution in [2.24, 2.45) is 0 Å². The highest BCUT2D eigenvalue weighted by atomic mass is 35.5. The molecule has 2 aromatic carbocycles. The Bertz CT molecular complexity index is 963. The Morgan fingerprint density at radius 2 is 1.81 bits per heavy atom. The minimum atomic E-state index is -0.371. The first-order valence-corrected chi connectivity index (χ1v) is 8.49. The number of nitrogens with one attached hydrogen (secondary N) is 2. The number of para-hydroxylation sites is 1. The molecule has 138 valence electrons. The smallest absolute Gasteiger partial charge is 0.274 e. The normalized spacial score (nSPS) is 10.2. The van der Waals surface area contributed by atoms with Crippen LogP contribution in [-0.2, 0) is 0 Å². The second kappa shape index (κ2) is 8.42. The first-order chi connectivity index (χ1) is 13.1. The van der Waals surface area contributed by atoms with Gasteiger partial charge in [0, 0.05) is 18.0 Å². The monoisotopic (exact) mass is 383 g/mol. The maximum absolute atomic E-state index is 12.6. The van der Waals surface area contributed by atoms with Crippen LogP contribution in [0.2, 0.25) is 5.02 Å². The molecule has 1 heterocycles. The number of ether oxygens (including phenoxy) is 2. The van der Waals surface area contributed by atoms with E-state index in [2.05, 4.69) is 15.6 Å². The number of pyridine rings is 1. The zero-order valence-electron chi connectivity index (χ0n) is 14.8. The van der Waals surface area contributed by atoms with Crippen LogP contribution in [0.25, 0.3) is 0 Å². The molecule has 7 heteroatoms. The number of carbonyl (C=O) groups is 1. The first kappa shape index (κ1) is 18.5. The van der Waals surface area contributed by atoms with Crippen molar-refractivity contribution in [1.82, 2.24) is 4.98 Å². The number of nitrogens with zero attached hydrogens (tertiary/aromatic N) is 1. The molecule has 0 saturated carbocycles. The third kappa shape index (κ3) is 4.48. The number of halogens is 1. The summed E-state index contributed by atoms with van der Waals surface area (Å²) in [6.07, 6.45) is 1.55. The summed E-state index contributed by atoms with van der Waals surface area (Å²) in [4.78, 5) is 16.8. The fourth-order valence-corrected chi connectivity index (χ4v) is 2.63. The van der Waals surface area contributed by atoms with Gasteiger partial charge in [-0.1, -0.05) is 23.7 Å². The van der Waals surface area contributed by atoms with E-state index in [0.29, 0.717) is 27.9 Å². The van der Waals surface area contributed by atoms with Crippen LogP contribution in [-0.4, -0.2) is 25.1 Å². The number of anilines is 3. The van der Waals surface area contributed by atoms with E-state index in [1.807, 2.05) is 18.2 Å². The van der Waals surface area contributed by atoms with Crippen LogP contribution in [0.15, 0.2) is 60.8 Å². The predicted octanol–water partition coefficient (Wildman–Crippen LogP) is 4.75. The molecule has 0 spiro atoms. The molecule has 3 rings (SSSR count). The van der Waals surface area contributed by atoms with E-state index in [-0.39, 0.29) is 11.6 Å². The number of benzene rings is 2. The highest BCUT2D eigenvalue weighted by Gasteiger charge is 2.13. The summed E-state index contributed by atoms with van der Waals surface area (Å²) >= 11 is 6.16. The summed E-state index contributed by atoms with van der Waals surface area (Å²) in [5.74, 6) is 0.757. The number of hydrogen-bond acceptors (Lipinski definition) is 5. The largest absolute Gasteiger partial charge is 0.497 e. The summed E-state index contributed by atoms with van der Waals surface area (Å²) in [7, 11) is 3.09. The molecule has 0 saturated heterocycles. The quantitative estimate of drug-likeness (QED) is 0.642. The molecular formula is C20H18ClN3O3. The van der Waals surface area contributed by atoms with Crippen molar-refractivity contribution in [1.29, 1.82) is 0 Å². The van der Waals surface area contributed by atoms with Gasteiger partial charge in [0.25, 0.3) is 5.91 Å². The summed E-state index contributed by atoms with van der Waals surface area (Å²) < 4.78 is 10.5. The highest BCUT2D eigenvalue weighted by Crippen LogP contribution is 2.29. The maximum atomic E-state index is 12.6. The summed E-state index contributed by atoms with van der Waals surface area (Å²) in [5.41, 5.74) is 2.18. The molecule has 0 aliphatic heterocycles. The number of aromatic nitrogens is 1. The van der Waals surface area contributed by atoms with Gasteiger partial charge in [0.05, 0.1) is 30.6 Å². The lowest BCUT2D eigenvalue weighted by Crippen LogP contribution is -2.14. The third-order valence-corrected chi connectivity index (χ3v) is 4.13. The Morgan fingerprint density at radius 1 is 1.00 bits per heavy atom. The zero-order chi connectivity index (χ0) is 19.2. The lowest BCUT2D eigenvalue weighted by atomic mass is 10.2. The molecule has 0 aliphatic rings. The van der Waals surface area contributed by atoms with E-state index >= 15 is 0 Å². The van der Waals surface area contributed by atoms with Crippen LogP contribution in [0.5, 0.6) is 11.5 Å². The molecule has 1 amide bonds. The van der Waals surface area contributed by atoms with E-state index in [1.54, 1.807) is 49.7 Å². The number of hydrogen-bond donors (Lipinski definition) is 2. The second-order valence-corrected chi connectivity index (χ2v) is 5.96. The minimum absolute atomic E-state index is 0.247. The van der Waals surface area contributed by atoms with Gasteiger partial charge in [-0.2, -0.15) is 0 Å². The third-order valence-electron chi connectivity index (χ3n) is 3.80. The van der Waals surface area contributed by atoms with Crippen molar-refractivity contribution in [2.75, 3.05) is 24.9 Å². The molecule has 6 nitrogen and oxygen atoms in total. The van der Waals surface area contributed by atoms with Gasteiger partial charge in [0.2, 0.25) is 0 Å². The van der Waals surface area contributed by atoms with E-state index in [1.165, 1.54) is 7.11 Å². The molecule has 0 radical (unpaired) electrons. The van der Waals surface area contributed by atoms with Crippen molar-refractivity contribution in [2.45, 2.75) is 0 Å². The van der Waals surface area contributed by atoms with Crippen molar-refractivity contribution >= 4 is 34.6 Å². The first-order valence-electron chi connectivity index (χ1n) is 8.11. The van der Waals surface area contributed by atoms with Gasteiger partial charge in [-0.15, -0.1) is 0 Å². The van der Waals surface area contributed by atoms with Gasteiger partial charge in [0.1, 0.15) is 17.2 Å². The fraction of sp³-hybridized carbons (Fsp3) is 0.100. The van der Waals surface area contributed by atoms with Gasteiger partial charge in [0.15, 0.2) is 0 Å². The van der Waals surface area contributed by atoms with E-state index in [4.69, 9.17) is 21.1 Å². The van der Waals surface area contributed by atoms with Crippen LogP contribution in [0.1, 0.15) is 10.5 Å². The Morgan fingerprint density at radius 3 is 2.56 bits per heavy atom. The Labute approximate surface area is 162 Å². The molecule has 2 N–H and O–H groups in total. The molecule has 27 heavy (non-hydrogen) atoms. The molecular weight excluding hydrogens is 366 g/mol. The molecule has 0 aliphatic carbocycles. The minimum Gasteiger partial charge on any atom is -0.497 e. The lowest BCUT2D eigenvalue weighted by molar-refractivity contribution is 0.102. The van der Waals surface area contributed by atoms with Gasteiger partial charge in [-0.05, 0) is 36.4 Å². The summed E-state index contributed by atoms with van der Waals surface area (Å²) in [5, 5.41) is 6.55. The lowest BCUT2D eigenvalue weighted by Gasteiger charge is -2.12. The van der Waals surface area contributed by atoms with Gasteiger partial charge >= 0.3 is 0 Å².